The third kappa shape index (κ3) is 5.80. The Kier molecular flexibility index (Phi) is 7.98. The molecule has 0 bridgehead atoms. The van der Waals surface area contributed by atoms with Crippen molar-refractivity contribution in [3.05, 3.63) is 35.6 Å². The van der Waals surface area contributed by atoms with E-state index in [0.717, 1.165) is 25.0 Å². The smallest absolute Gasteiger partial charge is 0.123 e. The van der Waals surface area contributed by atoms with Crippen LogP contribution in [0, 0.1) is 5.82 Å². The number of hydrogen-bond acceptors (Lipinski definition) is 2. The van der Waals surface area contributed by atoms with Crippen molar-refractivity contribution in [2.75, 3.05) is 32.8 Å². The Morgan fingerprint density at radius 2 is 1.89 bits per heavy atom. The molecule has 0 aromatic heterocycles. The van der Waals surface area contributed by atoms with Gasteiger partial charge in [0.15, 0.2) is 0 Å². The molecule has 2 nitrogen and oxygen atoms in total. The van der Waals surface area contributed by atoms with E-state index in [2.05, 4.69) is 0 Å². The first-order valence-corrected chi connectivity index (χ1v) is 6.69. The molecule has 0 radical (unpaired) electrons. The zero-order chi connectivity index (χ0) is 13.2. The molecule has 0 saturated carbocycles. The van der Waals surface area contributed by atoms with Crippen molar-refractivity contribution in [2.24, 2.45) is 0 Å². The number of benzene rings is 1. The van der Waals surface area contributed by atoms with Gasteiger partial charge in [-0.2, -0.15) is 0 Å². The lowest BCUT2D eigenvalue weighted by Crippen LogP contribution is -2.07. The fourth-order valence-corrected chi connectivity index (χ4v) is 2.03. The second-order valence-electron chi connectivity index (χ2n) is 4.15. The second-order valence-corrected chi connectivity index (χ2v) is 4.46. The molecule has 102 valence electrons. The number of hydrogen-bond donors (Lipinski definition) is 0. The van der Waals surface area contributed by atoms with Crippen LogP contribution in [0.1, 0.15) is 24.3 Å². The molecule has 0 aliphatic rings. The van der Waals surface area contributed by atoms with Crippen LogP contribution in [0.5, 0.6) is 0 Å². The van der Waals surface area contributed by atoms with Gasteiger partial charge >= 0.3 is 0 Å². The van der Waals surface area contributed by atoms with Gasteiger partial charge < -0.3 is 9.47 Å². The largest absolute Gasteiger partial charge is 0.385 e. The van der Waals surface area contributed by atoms with E-state index in [9.17, 15) is 4.39 Å². The van der Waals surface area contributed by atoms with Crippen molar-refractivity contribution >= 4 is 11.6 Å². The van der Waals surface area contributed by atoms with E-state index >= 15 is 0 Å². The minimum Gasteiger partial charge on any atom is -0.385 e. The molecule has 18 heavy (non-hydrogen) atoms. The normalized spacial score (nSPS) is 12.6. The van der Waals surface area contributed by atoms with Crippen LogP contribution in [0.4, 0.5) is 4.39 Å². The Morgan fingerprint density at radius 1 is 1.17 bits per heavy atom. The van der Waals surface area contributed by atoms with Crippen molar-refractivity contribution in [1.29, 1.82) is 0 Å². The summed E-state index contributed by atoms with van der Waals surface area (Å²) in [6.45, 7) is 2.08. The van der Waals surface area contributed by atoms with Crippen LogP contribution in [-0.4, -0.2) is 32.8 Å². The van der Waals surface area contributed by atoms with Gasteiger partial charge in [0.2, 0.25) is 0 Å². The van der Waals surface area contributed by atoms with Crippen LogP contribution in [-0.2, 0) is 9.47 Å². The molecule has 0 saturated heterocycles. The highest BCUT2D eigenvalue weighted by Gasteiger charge is 2.10. The van der Waals surface area contributed by atoms with Gasteiger partial charge in [-0.1, -0.05) is 12.1 Å². The summed E-state index contributed by atoms with van der Waals surface area (Å²) in [4.78, 5) is 0. The maximum atomic E-state index is 12.8. The first kappa shape index (κ1) is 15.4. The van der Waals surface area contributed by atoms with E-state index in [0.29, 0.717) is 19.1 Å². The summed E-state index contributed by atoms with van der Waals surface area (Å²) in [5.74, 6) is 0.519. The minimum absolute atomic E-state index is 0.217. The average Bonchev–Trinajstić information content (AvgIpc) is 2.39. The number of alkyl halides is 1. The van der Waals surface area contributed by atoms with Gasteiger partial charge in [-0.05, 0) is 36.5 Å². The quantitative estimate of drug-likeness (QED) is 0.506. The summed E-state index contributed by atoms with van der Waals surface area (Å²) < 4.78 is 23.2. The Bertz CT molecular complexity index is 316. The summed E-state index contributed by atoms with van der Waals surface area (Å²) in [6, 6.07) is 6.50. The van der Waals surface area contributed by atoms with Crippen LogP contribution in [0.15, 0.2) is 24.3 Å². The maximum Gasteiger partial charge on any atom is 0.123 e. The molecule has 0 amide bonds. The summed E-state index contributed by atoms with van der Waals surface area (Å²) in [5, 5.41) is 0. The third-order valence-corrected chi connectivity index (χ3v) is 3.15. The molecule has 0 spiro atoms. The van der Waals surface area contributed by atoms with Crippen molar-refractivity contribution in [2.45, 2.75) is 18.8 Å². The van der Waals surface area contributed by atoms with Gasteiger partial charge in [0, 0.05) is 32.8 Å². The zero-order valence-electron chi connectivity index (χ0n) is 10.7. The first-order valence-electron chi connectivity index (χ1n) is 6.16. The maximum absolute atomic E-state index is 12.8. The van der Waals surface area contributed by atoms with Gasteiger partial charge in [-0.15, -0.1) is 11.6 Å². The third-order valence-electron chi connectivity index (χ3n) is 2.78. The molecule has 0 aliphatic heterocycles. The van der Waals surface area contributed by atoms with Gasteiger partial charge in [0.1, 0.15) is 5.82 Å². The van der Waals surface area contributed by atoms with E-state index in [4.69, 9.17) is 21.1 Å². The molecule has 0 fully saturated rings. The fourth-order valence-electron chi connectivity index (χ4n) is 1.70. The summed E-state index contributed by atoms with van der Waals surface area (Å²) >= 11 is 5.94. The molecule has 1 aromatic rings. The highest BCUT2D eigenvalue weighted by atomic mass is 35.5. The van der Waals surface area contributed by atoms with E-state index in [-0.39, 0.29) is 11.7 Å². The van der Waals surface area contributed by atoms with Crippen LogP contribution in [0.2, 0.25) is 0 Å². The Labute approximate surface area is 113 Å². The van der Waals surface area contributed by atoms with E-state index in [1.807, 2.05) is 0 Å². The standard InChI is InChI=1S/C14H20ClFO2/c1-17-8-2-9-18-10-7-13(11-15)12-3-5-14(16)6-4-12/h3-6,13H,2,7-11H2,1H3. The number of methoxy groups -OCH3 is 1. The average molecular weight is 275 g/mol. The fraction of sp³-hybridized carbons (Fsp3) is 0.571. The molecular formula is C14H20ClFO2. The summed E-state index contributed by atoms with van der Waals surface area (Å²) in [5.41, 5.74) is 1.06. The molecule has 0 N–H and O–H groups in total. The van der Waals surface area contributed by atoms with E-state index < -0.39 is 0 Å². The summed E-state index contributed by atoms with van der Waals surface area (Å²) in [7, 11) is 1.68. The topological polar surface area (TPSA) is 18.5 Å². The number of rotatable bonds is 9. The lowest BCUT2D eigenvalue weighted by Gasteiger charge is -2.14. The van der Waals surface area contributed by atoms with E-state index in [1.165, 1.54) is 12.1 Å². The van der Waals surface area contributed by atoms with Crippen molar-refractivity contribution < 1.29 is 13.9 Å². The molecule has 1 unspecified atom stereocenters. The highest BCUT2D eigenvalue weighted by molar-refractivity contribution is 6.18. The van der Waals surface area contributed by atoms with Gasteiger partial charge in [0.25, 0.3) is 0 Å². The zero-order valence-corrected chi connectivity index (χ0v) is 11.5. The van der Waals surface area contributed by atoms with Crippen LogP contribution >= 0.6 is 11.6 Å². The van der Waals surface area contributed by atoms with Gasteiger partial charge in [-0.3, -0.25) is 0 Å². The Morgan fingerprint density at radius 3 is 2.50 bits per heavy atom. The lowest BCUT2D eigenvalue weighted by atomic mass is 9.98. The van der Waals surface area contributed by atoms with Gasteiger partial charge in [0.05, 0.1) is 0 Å². The minimum atomic E-state index is -0.220. The molecule has 1 rings (SSSR count). The number of ether oxygens (including phenoxy) is 2. The molecule has 0 heterocycles. The molecule has 1 aromatic carbocycles. The first-order chi connectivity index (χ1) is 8.77. The molecule has 1 atom stereocenters. The molecule has 0 aliphatic carbocycles. The number of halogens is 2. The predicted molar refractivity (Wildman–Crippen MR) is 71.8 cm³/mol. The monoisotopic (exact) mass is 274 g/mol. The SMILES string of the molecule is COCCCOCCC(CCl)c1ccc(F)cc1. The summed E-state index contributed by atoms with van der Waals surface area (Å²) in [6.07, 6.45) is 1.75. The highest BCUT2D eigenvalue weighted by Crippen LogP contribution is 2.21. The van der Waals surface area contributed by atoms with Crippen molar-refractivity contribution in [3.8, 4) is 0 Å². The van der Waals surface area contributed by atoms with Gasteiger partial charge in [-0.25, -0.2) is 4.39 Å². The van der Waals surface area contributed by atoms with Crippen LogP contribution in [0.3, 0.4) is 0 Å². The van der Waals surface area contributed by atoms with Crippen LogP contribution < -0.4 is 0 Å². The van der Waals surface area contributed by atoms with Crippen LogP contribution in [0.25, 0.3) is 0 Å². The Balaban J connectivity index is 2.27. The molecular weight excluding hydrogens is 255 g/mol. The predicted octanol–water partition coefficient (Wildman–Crippen LogP) is 3.59. The Hall–Kier alpha value is -0.640. The second kappa shape index (κ2) is 9.31. The molecule has 4 heteroatoms. The van der Waals surface area contributed by atoms with Crippen molar-refractivity contribution in [3.63, 3.8) is 0 Å². The van der Waals surface area contributed by atoms with E-state index in [1.54, 1.807) is 19.2 Å². The lowest BCUT2D eigenvalue weighted by molar-refractivity contribution is 0.0990. The van der Waals surface area contributed by atoms with Crippen molar-refractivity contribution in [1.82, 2.24) is 0 Å².